The molecule has 0 aliphatic heterocycles. The second kappa shape index (κ2) is 8.10. The molecule has 0 heterocycles. The lowest BCUT2D eigenvalue weighted by Gasteiger charge is -2.15. The molecular weight excluding hydrogens is 320 g/mol. The van der Waals surface area contributed by atoms with Gasteiger partial charge in [-0.15, -0.1) is 0 Å². The van der Waals surface area contributed by atoms with E-state index in [1.807, 2.05) is 0 Å². The smallest absolute Gasteiger partial charge is 0.265 e. The number of hydrogen-bond donors (Lipinski definition) is 2. The number of carbonyl (C=O) groups excluding carboxylic acids is 3. The highest BCUT2D eigenvalue weighted by Gasteiger charge is 2.15. The topological polar surface area (TPSA) is 84.5 Å². The lowest BCUT2D eigenvalue weighted by atomic mass is 10.1. The van der Waals surface area contributed by atoms with Crippen LogP contribution in [0.1, 0.15) is 31.1 Å². The third-order valence-corrected chi connectivity index (χ3v) is 3.42. The Kier molecular flexibility index (Phi) is 5.89. The molecular formula is C19H20N2O4. The van der Waals surface area contributed by atoms with Gasteiger partial charge in [0.1, 0.15) is 5.75 Å². The molecule has 0 radical (unpaired) electrons. The molecule has 25 heavy (non-hydrogen) atoms. The molecule has 130 valence electrons. The summed E-state index contributed by atoms with van der Waals surface area (Å²) in [7, 11) is 0. The number of ether oxygens (including phenoxy) is 1. The van der Waals surface area contributed by atoms with Crippen LogP contribution in [0.25, 0.3) is 0 Å². The Morgan fingerprint density at radius 1 is 0.840 bits per heavy atom. The van der Waals surface area contributed by atoms with Crippen LogP contribution in [0, 0.1) is 0 Å². The maximum Gasteiger partial charge on any atom is 0.265 e. The maximum atomic E-state index is 12.2. The van der Waals surface area contributed by atoms with Gasteiger partial charge in [-0.1, -0.05) is 0 Å². The second-order valence-electron chi connectivity index (χ2n) is 5.59. The fraction of sp³-hybridized carbons (Fsp3) is 0.211. The van der Waals surface area contributed by atoms with E-state index in [0.29, 0.717) is 22.7 Å². The highest BCUT2D eigenvalue weighted by Crippen LogP contribution is 2.18. The molecule has 0 aromatic heterocycles. The van der Waals surface area contributed by atoms with Crippen molar-refractivity contribution in [1.82, 2.24) is 0 Å². The highest BCUT2D eigenvalue weighted by atomic mass is 16.5. The summed E-state index contributed by atoms with van der Waals surface area (Å²) in [4.78, 5) is 34.4. The van der Waals surface area contributed by atoms with Crippen molar-refractivity contribution in [3.8, 4) is 5.75 Å². The van der Waals surface area contributed by atoms with Gasteiger partial charge in [-0.2, -0.15) is 0 Å². The van der Waals surface area contributed by atoms with E-state index >= 15 is 0 Å². The van der Waals surface area contributed by atoms with Gasteiger partial charge in [-0.25, -0.2) is 0 Å². The minimum atomic E-state index is -0.709. The summed E-state index contributed by atoms with van der Waals surface area (Å²) in [5, 5.41) is 5.39. The van der Waals surface area contributed by atoms with Crippen LogP contribution in [0.4, 0.5) is 11.4 Å². The average Bonchev–Trinajstić information content (AvgIpc) is 2.56. The number of anilines is 2. The predicted molar refractivity (Wildman–Crippen MR) is 95.9 cm³/mol. The SMILES string of the molecule is CC(=O)Nc1ccc(OC(C)C(=O)Nc2ccc(C(C)=O)cc2)cc1. The first kappa shape index (κ1) is 18.2. The summed E-state index contributed by atoms with van der Waals surface area (Å²) < 4.78 is 5.59. The molecule has 2 rings (SSSR count). The van der Waals surface area contributed by atoms with Crippen molar-refractivity contribution in [2.24, 2.45) is 0 Å². The average molecular weight is 340 g/mol. The van der Waals surface area contributed by atoms with E-state index in [1.165, 1.54) is 13.8 Å². The molecule has 0 saturated heterocycles. The minimum absolute atomic E-state index is 0.0303. The molecule has 1 unspecified atom stereocenters. The molecule has 2 N–H and O–H groups in total. The number of hydrogen-bond acceptors (Lipinski definition) is 4. The van der Waals surface area contributed by atoms with Crippen LogP contribution in [0.2, 0.25) is 0 Å². The number of carbonyl (C=O) groups is 3. The van der Waals surface area contributed by atoms with Crippen molar-refractivity contribution in [3.63, 3.8) is 0 Å². The summed E-state index contributed by atoms with van der Waals surface area (Å²) in [6.45, 7) is 4.56. The Balaban J connectivity index is 1.93. The van der Waals surface area contributed by atoms with Gasteiger partial charge in [-0.3, -0.25) is 14.4 Å². The lowest BCUT2D eigenvalue weighted by Crippen LogP contribution is -2.30. The van der Waals surface area contributed by atoms with Crippen molar-refractivity contribution in [2.75, 3.05) is 10.6 Å². The van der Waals surface area contributed by atoms with Crippen LogP contribution in [-0.2, 0) is 9.59 Å². The van der Waals surface area contributed by atoms with Crippen LogP contribution in [0.3, 0.4) is 0 Å². The van der Waals surface area contributed by atoms with Crippen LogP contribution in [0.15, 0.2) is 48.5 Å². The summed E-state index contributed by atoms with van der Waals surface area (Å²) >= 11 is 0. The van der Waals surface area contributed by atoms with Crippen LogP contribution in [-0.4, -0.2) is 23.7 Å². The summed E-state index contributed by atoms with van der Waals surface area (Å²) in [5.74, 6) is 0.0275. The van der Waals surface area contributed by atoms with Crippen LogP contribution >= 0.6 is 0 Å². The first-order valence-corrected chi connectivity index (χ1v) is 7.81. The van der Waals surface area contributed by atoms with E-state index < -0.39 is 6.10 Å². The molecule has 0 fully saturated rings. The Bertz CT molecular complexity index is 767. The Morgan fingerprint density at radius 2 is 1.36 bits per heavy atom. The Labute approximate surface area is 146 Å². The third-order valence-electron chi connectivity index (χ3n) is 3.42. The van der Waals surface area contributed by atoms with Crippen LogP contribution in [0.5, 0.6) is 5.75 Å². The standard InChI is InChI=1S/C19H20N2O4/c1-12(22)15-4-6-17(7-5-15)21-19(24)13(2)25-18-10-8-16(9-11-18)20-14(3)23/h4-11,13H,1-3H3,(H,20,23)(H,21,24). The molecule has 0 aliphatic rings. The van der Waals surface area contributed by atoms with Gasteiger partial charge in [0.15, 0.2) is 11.9 Å². The Morgan fingerprint density at radius 3 is 1.88 bits per heavy atom. The van der Waals surface area contributed by atoms with Crippen molar-refractivity contribution in [3.05, 3.63) is 54.1 Å². The fourth-order valence-corrected chi connectivity index (χ4v) is 2.11. The monoisotopic (exact) mass is 340 g/mol. The number of rotatable bonds is 6. The van der Waals surface area contributed by atoms with Gasteiger partial charge < -0.3 is 15.4 Å². The quantitative estimate of drug-likeness (QED) is 0.791. The van der Waals surface area contributed by atoms with Gasteiger partial charge >= 0.3 is 0 Å². The van der Waals surface area contributed by atoms with Gasteiger partial charge in [0.2, 0.25) is 5.91 Å². The van der Waals surface area contributed by atoms with Crippen molar-refractivity contribution in [2.45, 2.75) is 26.9 Å². The lowest BCUT2D eigenvalue weighted by molar-refractivity contribution is -0.122. The molecule has 0 saturated carbocycles. The predicted octanol–water partition coefficient (Wildman–Crippen LogP) is 3.25. The van der Waals surface area contributed by atoms with E-state index in [2.05, 4.69) is 10.6 Å². The minimum Gasteiger partial charge on any atom is -0.481 e. The number of nitrogens with one attached hydrogen (secondary N) is 2. The highest BCUT2D eigenvalue weighted by molar-refractivity contribution is 5.96. The van der Waals surface area contributed by atoms with Gasteiger partial charge in [0.25, 0.3) is 5.91 Å². The Hall–Kier alpha value is -3.15. The molecule has 2 aromatic rings. The second-order valence-corrected chi connectivity index (χ2v) is 5.59. The van der Waals surface area contributed by atoms with Gasteiger partial charge in [0.05, 0.1) is 0 Å². The zero-order valence-corrected chi connectivity index (χ0v) is 14.3. The molecule has 2 amide bonds. The van der Waals surface area contributed by atoms with E-state index in [-0.39, 0.29) is 17.6 Å². The molecule has 0 spiro atoms. The van der Waals surface area contributed by atoms with Crippen molar-refractivity contribution in [1.29, 1.82) is 0 Å². The molecule has 0 aliphatic carbocycles. The van der Waals surface area contributed by atoms with E-state index in [0.717, 1.165) is 0 Å². The normalized spacial score (nSPS) is 11.3. The van der Waals surface area contributed by atoms with E-state index in [4.69, 9.17) is 4.74 Å². The number of amides is 2. The van der Waals surface area contributed by atoms with Crippen molar-refractivity contribution < 1.29 is 19.1 Å². The maximum absolute atomic E-state index is 12.2. The molecule has 2 aromatic carbocycles. The van der Waals surface area contributed by atoms with E-state index in [1.54, 1.807) is 55.5 Å². The third kappa shape index (κ3) is 5.46. The van der Waals surface area contributed by atoms with Crippen molar-refractivity contribution >= 4 is 29.0 Å². The molecule has 1 atom stereocenters. The van der Waals surface area contributed by atoms with Gasteiger partial charge in [-0.05, 0) is 62.4 Å². The fourth-order valence-electron chi connectivity index (χ4n) is 2.11. The van der Waals surface area contributed by atoms with E-state index in [9.17, 15) is 14.4 Å². The van der Waals surface area contributed by atoms with Gasteiger partial charge in [0, 0.05) is 23.9 Å². The molecule has 6 heteroatoms. The zero-order chi connectivity index (χ0) is 18.4. The summed E-state index contributed by atoms with van der Waals surface area (Å²) in [6.07, 6.45) is -0.709. The summed E-state index contributed by atoms with van der Waals surface area (Å²) in [5.41, 5.74) is 1.83. The largest absolute Gasteiger partial charge is 0.481 e. The molecule has 0 bridgehead atoms. The number of benzene rings is 2. The van der Waals surface area contributed by atoms with Crippen LogP contribution < -0.4 is 15.4 Å². The number of Topliss-reactive ketones (excluding diaryl/α,β-unsaturated/α-hetero) is 1. The first-order chi connectivity index (χ1) is 11.8. The number of ketones is 1. The summed E-state index contributed by atoms with van der Waals surface area (Å²) in [6, 6.07) is 13.4. The first-order valence-electron chi connectivity index (χ1n) is 7.81. The molecule has 6 nitrogen and oxygen atoms in total. The zero-order valence-electron chi connectivity index (χ0n) is 14.3.